The Balaban J connectivity index is 2.86. The number of hydrogen-bond donors (Lipinski definition) is 1. The van der Waals surface area contributed by atoms with Crippen molar-refractivity contribution in [3.8, 4) is 0 Å². The molecule has 1 rings (SSSR count). The van der Waals surface area contributed by atoms with Crippen LogP contribution >= 0.6 is 0 Å². The number of hydrogen-bond acceptors (Lipinski definition) is 3. The lowest BCUT2D eigenvalue weighted by atomic mass is 10.2. The molecule has 0 atom stereocenters. The fourth-order valence-corrected chi connectivity index (χ4v) is 2.20. The summed E-state index contributed by atoms with van der Waals surface area (Å²) in [6, 6.07) is 7.69. The van der Waals surface area contributed by atoms with Crippen LogP contribution in [-0.2, 0) is 9.59 Å². The highest BCUT2D eigenvalue weighted by Gasteiger charge is 2.15. The van der Waals surface area contributed by atoms with Crippen LogP contribution in [0.5, 0.6) is 0 Å². The van der Waals surface area contributed by atoms with Gasteiger partial charge in [-0.3, -0.25) is 9.59 Å². The van der Waals surface area contributed by atoms with Crippen molar-refractivity contribution < 1.29 is 9.59 Å². The van der Waals surface area contributed by atoms with E-state index in [2.05, 4.69) is 30.6 Å². The van der Waals surface area contributed by atoms with Crippen molar-refractivity contribution in [3.05, 3.63) is 36.9 Å². The van der Waals surface area contributed by atoms with E-state index >= 15 is 0 Å². The lowest BCUT2D eigenvalue weighted by molar-refractivity contribution is -0.122. The maximum Gasteiger partial charge on any atom is 0.240 e. The lowest BCUT2D eigenvalue weighted by Crippen LogP contribution is -2.39. The molecule has 0 saturated carbocycles. The topological polar surface area (TPSA) is 52.7 Å². The van der Waals surface area contributed by atoms with E-state index < -0.39 is 0 Å². The summed E-state index contributed by atoms with van der Waals surface area (Å²) < 4.78 is 0. The van der Waals surface area contributed by atoms with E-state index in [-0.39, 0.29) is 18.4 Å². The van der Waals surface area contributed by atoms with Gasteiger partial charge in [0.2, 0.25) is 11.8 Å². The van der Waals surface area contributed by atoms with Crippen LogP contribution in [0.25, 0.3) is 0 Å². The highest BCUT2D eigenvalue weighted by atomic mass is 16.2. The number of anilines is 2. The van der Waals surface area contributed by atoms with Crippen molar-refractivity contribution in [3.63, 3.8) is 0 Å². The van der Waals surface area contributed by atoms with Gasteiger partial charge in [0.1, 0.15) is 6.54 Å². The molecule has 0 saturated heterocycles. The molecule has 22 heavy (non-hydrogen) atoms. The Bertz CT molecular complexity index is 507. The van der Waals surface area contributed by atoms with Gasteiger partial charge < -0.3 is 15.1 Å². The van der Waals surface area contributed by atoms with Crippen LogP contribution in [0.3, 0.4) is 0 Å². The zero-order valence-corrected chi connectivity index (χ0v) is 13.6. The second kappa shape index (κ2) is 8.87. The van der Waals surface area contributed by atoms with Crippen molar-refractivity contribution in [1.82, 2.24) is 5.32 Å². The summed E-state index contributed by atoms with van der Waals surface area (Å²) >= 11 is 0. The molecule has 5 nitrogen and oxygen atoms in total. The molecule has 0 spiro atoms. The fourth-order valence-electron chi connectivity index (χ4n) is 2.20. The van der Waals surface area contributed by atoms with Gasteiger partial charge in [0, 0.05) is 37.9 Å². The van der Waals surface area contributed by atoms with Crippen molar-refractivity contribution in [2.45, 2.75) is 20.8 Å². The van der Waals surface area contributed by atoms with Gasteiger partial charge in [0.05, 0.1) is 0 Å². The number of amides is 2. The van der Waals surface area contributed by atoms with E-state index in [4.69, 9.17) is 0 Å². The largest absolute Gasteiger partial charge is 0.372 e. The summed E-state index contributed by atoms with van der Waals surface area (Å²) in [4.78, 5) is 27.3. The minimum atomic E-state index is -0.206. The highest BCUT2D eigenvalue weighted by Crippen LogP contribution is 2.20. The van der Waals surface area contributed by atoms with Gasteiger partial charge in [-0.05, 0) is 38.1 Å². The molecule has 5 heteroatoms. The van der Waals surface area contributed by atoms with Crippen LogP contribution in [-0.4, -0.2) is 38.0 Å². The molecule has 0 unspecified atom stereocenters. The Hall–Kier alpha value is -2.30. The summed E-state index contributed by atoms with van der Waals surface area (Å²) in [6.45, 7) is 11.5. The first kappa shape index (κ1) is 17.8. The van der Waals surface area contributed by atoms with Crippen LogP contribution in [0.15, 0.2) is 36.9 Å². The SMILES string of the molecule is C=CCNC(=O)CN(C(C)=O)c1ccc(N(CC)CC)cc1. The fraction of sp³-hybridized carbons (Fsp3) is 0.412. The zero-order chi connectivity index (χ0) is 16.5. The number of nitrogens with one attached hydrogen (secondary N) is 1. The normalized spacial score (nSPS) is 9.95. The Morgan fingerprint density at radius 3 is 2.14 bits per heavy atom. The van der Waals surface area contributed by atoms with Crippen LogP contribution in [0, 0.1) is 0 Å². The lowest BCUT2D eigenvalue weighted by Gasteiger charge is -2.24. The maximum atomic E-state index is 11.8. The van der Waals surface area contributed by atoms with E-state index in [0.29, 0.717) is 6.54 Å². The molecule has 120 valence electrons. The molecule has 1 N–H and O–H groups in total. The molecule has 1 aromatic rings. The molecule has 0 bridgehead atoms. The highest BCUT2D eigenvalue weighted by molar-refractivity contribution is 5.97. The third kappa shape index (κ3) is 4.91. The Kier molecular flexibility index (Phi) is 7.16. The second-order valence-electron chi connectivity index (χ2n) is 4.89. The van der Waals surface area contributed by atoms with Crippen molar-refractivity contribution in [2.75, 3.05) is 36.0 Å². The summed E-state index contributed by atoms with van der Waals surface area (Å²) in [5.74, 6) is -0.368. The van der Waals surface area contributed by atoms with Gasteiger partial charge in [-0.25, -0.2) is 0 Å². The predicted molar refractivity (Wildman–Crippen MR) is 91.2 cm³/mol. The molecule has 0 aliphatic rings. The van der Waals surface area contributed by atoms with Gasteiger partial charge in [0.25, 0.3) is 0 Å². The predicted octanol–water partition coefficient (Wildman–Crippen LogP) is 2.19. The van der Waals surface area contributed by atoms with E-state index in [1.807, 2.05) is 24.3 Å². The smallest absolute Gasteiger partial charge is 0.240 e. The maximum absolute atomic E-state index is 11.8. The van der Waals surface area contributed by atoms with Gasteiger partial charge in [-0.15, -0.1) is 6.58 Å². The van der Waals surface area contributed by atoms with Crippen molar-refractivity contribution in [1.29, 1.82) is 0 Å². The molecule has 1 aromatic carbocycles. The summed E-state index contributed by atoms with van der Waals surface area (Å²) in [5.41, 5.74) is 1.82. The van der Waals surface area contributed by atoms with Crippen LogP contribution < -0.4 is 15.1 Å². The van der Waals surface area contributed by atoms with Crippen LogP contribution in [0.2, 0.25) is 0 Å². The third-order valence-electron chi connectivity index (χ3n) is 3.42. The molecule has 0 aliphatic heterocycles. The van der Waals surface area contributed by atoms with Gasteiger partial charge in [0.15, 0.2) is 0 Å². The Morgan fingerprint density at radius 2 is 1.68 bits per heavy atom. The number of benzene rings is 1. The van der Waals surface area contributed by atoms with E-state index in [1.165, 1.54) is 11.8 Å². The second-order valence-corrected chi connectivity index (χ2v) is 4.89. The summed E-state index contributed by atoms with van der Waals surface area (Å²) in [5, 5.41) is 2.68. The average Bonchev–Trinajstić information content (AvgIpc) is 2.52. The van der Waals surface area contributed by atoms with Crippen LogP contribution in [0.1, 0.15) is 20.8 Å². The molecule has 0 aliphatic carbocycles. The monoisotopic (exact) mass is 303 g/mol. The summed E-state index contributed by atoms with van der Waals surface area (Å²) in [7, 11) is 0. The molecular weight excluding hydrogens is 278 g/mol. The number of carbonyl (C=O) groups excluding carboxylic acids is 2. The number of nitrogens with zero attached hydrogens (tertiary/aromatic N) is 2. The standard InChI is InChI=1S/C17H25N3O2/c1-5-12-18-17(22)13-20(14(4)21)16-10-8-15(9-11-16)19(6-2)7-3/h5,8-11H,1,6-7,12-13H2,2-4H3,(H,18,22). The molecular formula is C17H25N3O2. The number of rotatable bonds is 8. The molecule has 0 radical (unpaired) electrons. The summed E-state index contributed by atoms with van der Waals surface area (Å²) in [6.07, 6.45) is 1.61. The van der Waals surface area contributed by atoms with Crippen molar-refractivity contribution >= 4 is 23.2 Å². The van der Waals surface area contributed by atoms with Crippen molar-refractivity contribution in [2.24, 2.45) is 0 Å². The van der Waals surface area contributed by atoms with E-state index in [0.717, 1.165) is 24.5 Å². The minimum absolute atomic E-state index is 0.00773. The number of carbonyl (C=O) groups is 2. The quantitative estimate of drug-likeness (QED) is 0.749. The Labute approximate surface area is 132 Å². The van der Waals surface area contributed by atoms with Gasteiger partial charge in [-0.1, -0.05) is 6.08 Å². The first-order valence-corrected chi connectivity index (χ1v) is 7.54. The van der Waals surface area contributed by atoms with Gasteiger partial charge in [-0.2, -0.15) is 0 Å². The van der Waals surface area contributed by atoms with Crippen LogP contribution in [0.4, 0.5) is 11.4 Å². The van der Waals surface area contributed by atoms with E-state index in [9.17, 15) is 9.59 Å². The first-order chi connectivity index (χ1) is 10.5. The average molecular weight is 303 g/mol. The zero-order valence-electron chi connectivity index (χ0n) is 13.6. The third-order valence-corrected chi connectivity index (χ3v) is 3.42. The Morgan fingerprint density at radius 1 is 1.14 bits per heavy atom. The van der Waals surface area contributed by atoms with Gasteiger partial charge >= 0.3 is 0 Å². The first-order valence-electron chi connectivity index (χ1n) is 7.54. The molecule has 0 aromatic heterocycles. The molecule has 0 heterocycles. The van der Waals surface area contributed by atoms with E-state index in [1.54, 1.807) is 6.08 Å². The molecule has 0 fully saturated rings. The minimum Gasteiger partial charge on any atom is -0.372 e. The molecule has 2 amide bonds.